The molecule has 28 heavy (non-hydrogen) atoms. The summed E-state index contributed by atoms with van der Waals surface area (Å²) in [5.74, 6) is -0.262. The first kappa shape index (κ1) is 22.1. The first-order valence-corrected chi connectivity index (χ1v) is 9.85. The first-order valence-electron chi connectivity index (χ1n) is 9.85. The summed E-state index contributed by atoms with van der Waals surface area (Å²) in [5.41, 5.74) is 2.40. The maximum atomic E-state index is 11.5. The summed E-state index contributed by atoms with van der Waals surface area (Å²) in [6.45, 7) is 5.11. The number of aliphatic hydroxyl groups excluding tert-OH is 1. The lowest BCUT2D eigenvalue weighted by atomic mass is 10.2. The lowest BCUT2D eigenvalue weighted by Crippen LogP contribution is -2.37. The van der Waals surface area contributed by atoms with Gasteiger partial charge < -0.3 is 19.1 Å². The van der Waals surface area contributed by atoms with E-state index in [-0.39, 0.29) is 12.6 Å². The molecule has 0 unspecified atom stereocenters. The molecule has 6 heteroatoms. The van der Waals surface area contributed by atoms with E-state index in [9.17, 15) is 9.90 Å². The molecule has 0 amide bonds. The van der Waals surface area contributed by atoms with Crippen LogP contribution in [0.3, 0.4) is 0 Å². The van der Waals surface area contributed by atoms with E-state index in [2.05, 4.69) is 33.9 Å². The molecular formula is C22H32N2O4. The molecule has 0 bridgehead atoms. The van der Waals surface area contributed by atoms with E-state index in [1.165, 1.54) is 5.56 Å². The van der Waals surface area contributed by atoms with Gasteiger partial charge in [0.05, 0.1) is 6.61 Å². The number of nitrogens with zero attached hydrogens (tertiary/aromatic N) is 2. The van der Waals surface area contributed by atoms with Gasteiger partial charge in [0.15, 0.2) is 0 Å². The highest BCUT2D eigenvalue weighted by atomic mass is 16.5. The van der Waals surface area contributed by atoms with Crippen molar-refractivity contribution in [3.8, 4) is 0 Å². The maximum absolute atomic E-state index is 11.5. The van der Waals surface area contributed by atoms with Crippen molar-refractivity contribution in [2.75, 3.05) is 33.4 Å². The predicted octanol–water partition coefficient (Wildman–Crippen LogP) is 2.69. The number of hydrogen-bond acceptors (Lipinski definition) is 5. The number of carbonyl (C=O) groups excluding carboxylic acids is 1. The molecule has 0 aliphatic heterocycles. The molecule has 0 spiro atoms. The average Bonchev–Trinajstić information content (AvgIpc) is 3.12. The van der Waals surface area contributed by atoms with Gasteiger partial charge in [-0.1, -0.05) is 37.3 Å². The van der Waals surface area contributed by atoms with Crippen molar-refractivity contribution >= 4 is 5.97 Å². The highest BCUT2D eigenvalue weighted by Gasteiger charge is 2.16. The summed E-state index contributed by atoms with van der Waals surface area (Å²) in [4.78, 5) is 13.6. The molecule has 0 saturated heterocycles. The molecule has 1 aromatic heterocycles. The van der Waals surface area contributed by atoms with Crippen molar-refractivity contribution in [3.63, 3.8) is 0 Å². The van der Waals surface area contributed by atoms with Gasteiger partial charge in [0.2, 0.25) is 0 Å². The van der Waals surface area contributed by atoms with Crippen LogP contribution in [0.25, 0.3) is 0 Å². The fourth-order valence-corrected chi connectivity index (χ4v) is 3.03. The lowest BCUT2D eigenvalue weighted by Gasteiger charge is -2.25. The van der Waals surface area contributed by atoms with E-state index in [0.29, 0.717) is 32.7 Å². The van der Waals surface area contributed by atoms with Crippen LogP contribution in [0, 0.1) is 0 Å². The van der Waals surface area contributed by atoms with Crippen molar-refractivity contribution in [2.24, 2.45) is 0 Å². The maximum Gasteiger partial charge on any atom is 0.305 e. The van der Waals surface area contributed by atoms with E-state index < -0.39 is 6.10 Å². The molecule has 2 rings (SSSR count). The standard InChI is InChI=1S/C22H32N2O4/c1-3-8-22(26)28-18-21(25)17-23(13-14-27-2)16-20-11-7-12-24(20)15-19-9-5-4-6-10-19/h4-7,9-12,21,25H,3,8,13-18H2,1-2H3/t21-/m0/s1. The summed E-state index contributed by atoms with van der Waals surface area (Å²) >= 11 is 0. The number of hydrogen-bond donors (Lipinski definition) is 1. The quantitative estimate of drug-likeness (QED) is 0.535. The highest BCUT2D eigenvalue weighted by Crippen LogP contribution is 2.11. The summed E-state index contributed by atoms with van der Waals surface area (Å²) in [5, 5.41) is 10.3. The molecule has 0 radical (unpaired) electrons. The molecule has 0 aliphatic rings. The van der Waals surface area contributed by atoms with Gasteiger partial charge in [-0.25, -0.2) is 0 Å². The minimum absolute atomic E-state index is 0.0212. The van der Waals surface area contributed by atoms with Crippen molar-refractivity contribution in [3.05, 3.63) is 59.9 Å². The second kappa shape index (κ2) is 12.3. The van der Waals surface area contributed by atoms with Crippen LogP contribution in [0.5, 0.6) is 0 Å². The second-order valence-electron chi connectivity index (χ2n) is 6.93. The largest absolute Gasteiger partial charge is 0.463 e. The zero-order chi connectivity index (χ0) is 20.2. The summed E-state index contributed by atoms with van der Waals surface area (Å²) in [6, 6.07) is 14.5. The van der Waals surface area contributed by atoms with Crippen LogP contribution < -0.4 is 0 Å². The molecule has 154 valence electrons. The van der Waals surface area contributed by atoms with Crippen LogP contribution in [0.4, 0.5) is 0 Å². The van der Waals surface area contributed by atoms with Crippen LogP contribution in [-0.2, 0) is 27.4 Å². The Kier molecular flexibility index (Phi) is 9.76. The van der Waals surface area contributed by atoms with Crippen molar-refractivity contribution in [1.82, 2.24) is 9.47 Å². The molecule has 0 saturated carbocycles. The normalized spacial score (nSPS) is 12.3. The van der Waals surface area contributed by atoms with E-state index in [4.69, 9.17) is 9.47 Å². The molecule has 1 N–H and O–H groups in total. The lowest BCUT2D eigenvalue weighted by molar-refractivity contribution is -0.147. The van der Waals surface area contributed by atoms with E-state index in [0.717, 1.165) is 18.7 Å². The summed E-state index contributed by atoms with van der Waals surface area (Å²) < 4.78 is 12.6. The summed E-state index contributed by atoms with van der Waals surface area (Å²) in [7, 11) is 1.67. The molecular weight excluding hydrogens is 356 g/mol. The number of methoxy groups -OCH3 is 1. The Morgan fingerprint density at radius 1 is 1.21 bits per heavy atom. The van der Waals surface area contributed by atoms with Crippen LogP contribution in [0.15, 0.2) is 48.7 Å². The Bertz CT molecular complexity index is 687. The Hall–Kier alpha value is -2.15. The Balaban J connectivity index is 1.94. The van der Waals surface area contributed by atoms with E-state index >= 15 is 0 Å². The molecule has 0 fully saturated rings. The Labute approximate surface area is 167 Å². The van der Waals surface area contributed by atoms with Gasteiger partial charge in [-0.05, 0) is 24.1 Å². The van der Waals surface area contributed by atoms with Crippen molar-refractivity contribution in [1.29, 1.82) is 0 Å². The second-order valence-corrected chi connectivity index (χ2v) is 6.93. The van der Waals surface area contributed by atoms with Crippen LogP contribution >= 0.6 is 0 Å². The van der Waals surface area contributed by atoms with Crippen molar-refractivity contribution < 1.29 is 19.4 Å². The summed E-state index contributed by atoms with van der Waals surface area (Å²) in [6.07, 6.45) is 2.47. The molecule has 0 aliphatic carbocycles. The van der Waals surface area contributed by atoms with Gasteiger partial charge in [-0.3, -0.25) is 9.69 Å². The van der Waals surface area contributed by atoms with Gasteiger partial charge in [0, 0.05) is 51.6 Å². The van der Waals surface area contributed by atoms with Crippen LogP contribution in [0.1, 0.15) is 31.0 Å². The van der Waals surface area contributed by atoms with Gasteiger partial charge in [0.1, 0.15) is 12.7 Å². The molecule has 2 aromatic rings. The number of aromatic nitrogens is 1. The number of esters is 1. The minimum atomic E-state index is -0.727. The third-order valence-corrected chi connectivity index (χ3v) is 4.48. The minimum Gasteiger partial charge on any atom is -0.463 e. The van der Waals surface area contributed by atoms with Gasteiger partial charge in [-0.15, -0.1) is 0 Å². The van der Waals surface area contributed by atoms with Gasteiger partial charge in [0.25, 0.3) is 0 Å². The third kappa shape index (κ3) is 7.84. The molecule has 1 heterocycles. The zero-order valence-corrected chi connectivity index (χ0v) is 16.9. The first-order chi connectivity index (χ1) is 13.6. The number of ether oxygens (including phenoxy) is 2. The Morgan fingerprint density at radius 2 is 2.00 bits per heavy atom. The number of aliphatic hydroxyl groups is 1. The van der Waals surface area contributed by atoms with Gasteiger partial charge in [-0.2, -0.15) is 0 Å². The monoisotopic (exact) mass is 388 g/mol. The Morgan fingerprint density at radius 3 is 2.71 bits per heavy atom. The smallest absolute Gasteiger partial charge is 0.305 e. The topological polar surface area (TPSA) is 63.9 Å². The van der Waals surface area contributed by atoms with Crippen molar-refractivity contribution in [2.45, 2.75) is 39.0 Å². The zero-order valence-electron chi connectivity index (χ0n) is 16.9. The van der Waals surface area contributed by atoms with Crippen LogP contribution in [0.2, 0.25) is 0 Å². The number of benzene rings is 1. The molecule has 1 atom stereocenters. The fourth-order valence-electron chi connectivity index (χ4n) is 3.03. The highest BCUT2D eigenvalue weighted by molar-refractivity contribution is 5.69. The van der Waals surface area contributed by atoms with Gasteiger partial charge >= 0.3 is 5.97 Å². The third-order valence-electron chi connectivity index (χ3n) is 4.48. The van der Waals surface area contributed by atoms with Crippen LogP contribution in [-0.4, -0.2) is 60.1 Å². The molecule has 1 aromatic carbocycles. The number of carbonyl (C=O) groups is 1. The SMILES string of the molecule is CCCC(=O)OC[C@@H](O)CN(CCOC)Cc1cccn1Cc1ccccc1. The fraction of sp³-hybridized carbons (Fsp3) is 0.500. The van der Waals surface area contributed by atoms with E-state index in [1.807, 2.05) is 31.2 Å². The average molecular weight is 389 g/mol. The molecule has 6 nitrogen and oxygen atoms in total. The predicted molar refractivity (Wildman–Crippen MR) is 109 cm³/mol. The van der Waals surface area contributed by atoms with E-state index in [1.54, 1.807) is 7.11 Å². The number of rotatable bonds is 13.